The molecule has 0 radical (unpaired) electrons. The Hall–Kier alpha value is -1.39. The fourth-order valence-electron chi connectivity index (χ4n) is 3.02. The molecule has 3 rings (SSSR count). The summed E-state index contributed by atoms with van der Waals surface area (Å²) in [6, 6.07) is 7.01. The minimum absolute atomic E-state index is 0.0446. The Morgan fingerprint density at radius 3 is 2.55 bits per heavy atom. The van der Waals surface area contributed by atoms with E-state index < -0.39 is 10.0 Å². The minimum Gasteiger partial charge on any atom is -0.207 e. The second kappa shape index (κ2) is 4.30. The van der Waals surface area contributed by atoms with Gasteiger partial charge in [-0.05, 0) is 31.1 Å². The molecule has 0 aromatic heterocycles. The summed E-state index contributed by atoms with van der Waals surface area (Å²) in [5.74, 6) is 0. The molecular weight excluding hydrogens is 270 g/mol. The quantitative estimate of drug-likeness (QED) is 0.839. The normalized spacial score (nSPS) is 29.9. The zero-order chi connectivity index (χ0) is 14.5. The molecule has 3 nitrogen and oxygen atoms in total. The molecule has 106 valence electrons. The van der Waals surface area contributed by atoms with Gasteiger partial charge in [-0.25, -0.2) is 8.42 Å². The molecule has 2 bridgehead atoms. The molecule has 1 fully saturated rings. The van der Waals surface area contributed by atoms with Crippen LogP contribution in [-0.2, 0) is 10.0 Å². The number of fused-ring (bicyclic) bond motifs is 2. The van der Waals surface area contributed by atoms with Crippen LogP contribution < -0.4 is 0 Å². The summed E-state index contributed by atoms with van der Waals surface area (Å²) in [7, 11) is -3.43. The number of allylic oxidation sites excluding steroid dienone is 1. The van der Waals surface area contributed by atoms with E-state index in [9.17, 15) is 8.42 Å². The maximum Gasteiger partial charge on any atom is 0.243 e. The van der Waals surface area contributed by atoms with Crippen LogP contribution in [0.1, 0.15) is 18.9 Å². The van der Waals surface area contributed by atoms with E-state index in [1.54, 1.807) is 16.4 Å². The Bertz CT molecular complexity index is 688. The third-order valence-corrected chi connectivity index (χ3v) is 6.34. The largest absolute Gasteiger partial charge is 0.243 e. The van der Waals surface area contributed by atoms with Gasteiger partial charge in [0, 0.05) is 18.0 Å². The Morgan fingerprint density at radius 1 is 1.30 bits per heavy atom. The Balaban J connectivity index is 2.00. The molecule has 1 aliphatic heterocycles. The van der Waals surface area contributed by atoms with E-state index in [1.807, 2.05) is 31.2 Å². The predicted octanol–water partition coefficient (Wildman–Crippen LogP) is 2.89. The van der Waals surface area contributed by atoms with Gasteiger partial charge < -0.3 is 0 Å². The molecule has 1 heterocycles. The van der Waals surface area contributed by atoms with Gasteiger partial charge in [0.25, 0.3) is 0 Å². The monoisotopic (exact) mass is 289 g/mol. The SMILES string of the molecule is C=C1C=C[C@H]2C[C@]1(C)CN2S(=O)(=O)c1ccc(C)cc1. The lowest BCUT2D eigenvalue weighted by atomic mass is 9.78. The topological polar surface area (TPSA) is 37.4 Å². The summed E-state index contributed by atoms with van der Waals surface area (Å²) >= 11 is 0. The van der Waals surface area contributed by atoms with Gasteiger partial charge in [0.1, 0.15) is 0 Å². The molecular formula is C16H19NO2S. The van der Waals surface area contributed by atoms with E-state index in [1.165, 1.54) is 0 Å². The fourth-order valence-corrected chi connectivity index (χ4v) is 4.73. The molecule has 0 N–H and O–H groups in total. The molecule has 20 heavy (non-hydrogen) atoms. The molecule has 1 aromatic carbocycles. The van der Waals surface area contributed by atoms with Crippen LogP contribution in [0.3, 0.4) is 0 Å². The van der Waals surface area contributed by atoms with Gasteiger partial charge in [-0.1, -0.05) is 43.4 Å². The third-order valence-electron chi connectivity index (χ3n) is 4.46. The van der Waals surface area contributed by atoms with Crippen molar-refractivity contribution in [3.8, 4) is 0 Å². The summed E-state index contributed by atoms with van der Waals surface area (Å²) in [6.07, 6.45) is 4.76. The van der Waals surface area contributed by atoms with Crippen LogP contribution in [0.4, 0.5) is 0 Å². The molecule has 1 aliphatic carbocycles. The maximum absolute atomic E-state index is 12.8. The van der Waals surface area contributed by atoms with Gasteiger partial charge in [-0.3, -0.25) is 0 Å². The molecule has 2 aliphatic rings. The molecule has 0 spiro atoms. The summed E-state index contributed by atoms with van der Waals surface area (Å²) in [5, 5.41) is 0. The first-order chi connectivity index (χ1) is 9.33. The molecule has 0 saturated carbocycles. The first kappa shape index (κ1) is 13.6. The number of aryl methyl sites for hydroxylation is 1. The van der Waals surface area contributed by atoms with Crippen LogP contribution in [0, 0.1) is 12.3 Å². The van der Waals surface area contributed by atoms with Crippen LogP contribution in [0.25, 0.3) is 0 Å². The molecule has 0 unspecified atom stereocenters. The average Bonchev–Trinajstić information content (AvgIpc) is 2.70. The lowest BCUT2D eigenvalue weighted by Gasteiger charge is -2.25. The van der Waals surface area contributed by atoms with Crippen molar-refractivity contribution in [3.05, 3.63) is 54.1 Å². The predicted molar refractivity (Wildman–Crippen MR) is 79.9 cm³/mol. The lowest BCUT2D eigenvalue weighted by Crippen LogP contribution is -2.34. The average molecular weight is 289 g/mol. The summed E-state index contributed by atoms with van der Waals surface area (Å²) in [6.45, 7) is 8.62. The zero-order valence-electron chi connectivity index (χ0n) is 11.8. The first-order valence-corrected chi connectivity index (χ1v) is 8.23. The van der Waals surface area contributed by atoms with Gasteiger partial charge >= 0.3 is 0 Å². The first-order valence-electron chi connectivity index (χ1n) is 6.79. The molecule has 4 heteroatoms. The van der Waals surface area contributed by atoms with Gasteiger partial charge in [-0.15, -0.1) is 0 Å². The number of rotatable bonds is 2. The lowest BCUT2D eigenvalue weighted by molar-refractivity contribution is 0.403. The standard InChI is InChI=1S/C16H19NO2S/c1-12-4-8-15(9-5-12)20(18,19)17-11-16(3)10-14(17)7-6-13(16)2/h4-9,14H,2,10-11H2,1,3H3/t14-,16+/m0/s1. The highest BCUT2D eigenvalue weighted by Gasteiger charge is 2.48. The number of sulfonamides is 1. The highest BCUT2D eigenvalue weighted by molar-refractivity contribution is 7.89. The van der Waals surface area contributed by atoms with Crippen molar-refractivity contribution < 1.29 is 8.42 Å². The summed E-state index contributed by atoms with van der Waals surface area (Å²) in [4.78, 5) is 0.373. The highest BCUT2D eigenvalue weighted by Crippen LogP contribution is 2.46. The minimum atomic E-state index is -3.43. The van der Waals surface area contributed by atoms with E-state index in [-0.39, 0.29) is 11.5 Å². The van der Waals surface area contributed by atoms with E-state index in [2.05, 4.69) is 13.5 Å². The molecule has 2 atom stereocenters. The Morgan fingerprint density at radius 2 is 1.95 bits per heavy atom. The van der Waals surface area contributed by atoms with E-state index in [0.717, 1.165) is 17.6 Å². The molecule has 1 aromatic rings. The van der Waals surface area contributed by atoms with E-state index in [4.69, 9.17) is 0 Å². The van der Waals surface area contributed by atoms with Crippen molar-refractivity contribution in [2.45, 2.75) is 31.2 Å². The molecule has 0 amide bonds. The number of hydrogen-bond donors (Lipinski definition) is 0. The highest BCUT2D eigenvalue weighted by atomic mass is 32.2. The van der Waals surface area contributed by atoms with Gasteiger partial charge in [0.15, 0.2) is 0 Å². The van der Waals surface area contributed by atoms with E-state index in [0.29, 0.717) is 11.4 Å². The second-order valence-electron chi connectivity index (χ2n) is 6.08. The number of benzene rings is 1. The molecule has 1 saturated heterocycles. The van der Waals surface area contributed by atoms with Gasteiger partial charge in [0.2, 0.25) is 10.0 Å². The second-order valence-corrected chi connectivity index (χ2v) is 7.97. The fraction of sp³-hybridized carbons (Fsp3) is 0.375. The Labute approximate surface area is 120 Å². The zero-order valence-corrected chi connectivity index (χ0v) is 12.7. The summed E-state index contributed by atoms with van der Waals surface area (Å²) in [5.41, 5.74) is 1.96. The van der Waals surface area contributed by atoms with Crippen LogP contribution in [0.2, 0.25) is 0 Å². The number of nitrogens with zero attached hydrogens (tertiary/aromatic N) is 1. The van der Waals surface area contributed by atoms with Crippen LogP contribution >= 0.6 is 0 Å². The van der Waals surface area contributed by atoms with Gasteiger partial charge in [0.05, 0.1) is 4.90 Å². The summed E-state index contributed by atoms with van der Waals surface area (Å²) < 4.78 is 27.2. The van der Waals surface area contributed by atoms with E-state index >= 15 is 0 Å². The third kappa shape index (κ3) is 1.95. The number of hydrogen-bond acceptors (Lipinski definition) is 2. The van der Waals surface area contributed by atoms with Gasteiger partial charge in [-0.2, -0.15) is 4.31 Å². The van der Waals surface area contributed by atoms with Crippen molar-refractivity contribution >= 4 is 10.0 Å². The Kier molecular flexibility index (Phi) is 2.92. The van der Waals surface area contributed by atoms with Crippen molar-refractivity contribution in [2.24, 2.45) is 5.41 Å². The van der Waals surface area contributed by atoms with Crippen molar-refractivity contribution in [1.29, 1.82) is 0 Å². The van der Waals surface area contributed by atoms with Crippen LogP contribution in [-0.4, -0.2) is 25.3 Å². The smallest absolute Gasteiger partial charge is 0.207 e. The maximum atomic E-state index is 12.8. The van der Waals surface area contributed by atoms with Crippen molar-refractivity contribution in [3.63, 3.8) is 0 Å². The van der Waals surface area contributed by atoms with Crippen molar-refractivity contribution in [1.82, 2.24) is 4.31 Å². The van der Waals surface area contributed by atoms with Crippen LogP contribution in [0.5, 0.6) is 0 Å². The van der Waals surface area contributed by atoms with Crippen LogP contribution in [0.15, 0.2) is 53.5 Å². The van der Waals surface area contributed by atoms with Crippen molar-refractivity contribution in [2.75, 3.05) is 6.54 Å².